The molecule has 0 amide bonds. The summed E-state index contributed by atoms with van der Waals surface area (Å²) in [7, 11) is 0. The Morgan fingerprint density at radius 1 is 1.15 bits per heavy atom. The maximum Gasteiger partial charge on any atom is 0.0994 e. The van der Waals surface area contributed by atoms with Gasteiger partial charge >= 0.3 is 0 Å². The molecule has 0 saturated carbocycles. The van der Waals surface area contributed by atoms with Gasteiger partial charge in [-0.05, 0) is 43.5 Å². The third-order valence-electron chi connectivity index (χ3n) is 4.09. The van der Waals surface area contributed by atoms with Gasteiger partial charge in [-0.25, -0.2) is 4.98 Å². The Morgan fingerprint density at radius 3 is 2.45 bits per heavy atom. The van der Waals surface area contributed by atoms with Gasteiger partial charge in [-0.3, -0.25) is 0 Å². The molecule has 1 aromatic carbocycles. The molecule has 4 nitrogen and oxygen atoms in total. The van der Waals surface area contributed by atoms with Crippen LogP contribution in [0.5, 0.6) is 0 Å². The zero-order valence-corrected chi connectivity index (χ0v) is 12.0. The number of benzene rings is 1. The highest BCUT2D eigenvalue weighted by Gasteiger charge is 2.13. The van der Waals surface area contributed by atoms with Gasteiger partial charge in [0.05, 0.1) is 18.2 Å². The summed E-state index contributed by atoms with van der Waals surface area (Å²) in [4.78, 5) is 6.68. The summed E-state index contributed by atoms with van der Waals surface area (Å²) in [6, 6.07) is 8.74. The van der Waals surface area contributed by atoms with Crippen molar-refractivity contribution in [2.75, 3.05) is 18.0 Å². The highest BCUT2D eigenvalue weighted by molar-refractivity contribution is 5.51. The van der Waals surface area contributed by atoms with Crippen LogP contribution in [0, 0.1) is 0 Å². The Hall–Kier alpha value is -1.81. The van der Waals surface area contributed by atoms with E-state index in [-0.39, 0.29) is 6.04 Å². The topological polar surface area (TPSA) is 47.1 Å². The quantitative estimate of drug-likeness (QED) is 0.929. The first kappa shape index (κ1) is 13.2. The molecule has 1 aromatic heterocycles. The van der Waals surface area contributed by atoms with Crippen molar-refractivity contribution in [2.24, 2.45) is 5.73 Å². The summed E-state index contributed by atoms with van der Waals surface area (Å²) in [5.41, 5.74) is 9.65. The fourth-order valence-electron chi connectivity index (χ4n) is 2.80. The molecule has 1 atom stereocenters. The van der Waals surface area contributed by atoms with Crippen molar-refractivity contribution in [1.29, 1.82) is 0 Å². The molecule has 0 aliphatic carbocycles. The first-order chi connectivity index (χ1) is 9.79. The van der Waals surface area contributed by atoms with Crippen LogP contribution in [0.15, 0.2) is 36.8 Å². The number of nitrogens with zero attached hydrogens (tertiary/aromatic N) is 3. The molecule has 106 valence electrons. The summed E-state index contributed by atoms with van der Waals surface area (Å²) in [5, 5.41) is 0. The van der Waals surface area contributed by atoms with Crippen LogP contribution in [0.25, 0.3) is 5.69 Å². The van der Waals surface area contributed by atoms with E-state index in [1.54, 1.807) is 0 Å². The summed E-state index contributed by atoms with van der Waals surface area (Å²) in [6.45, 7) is 4.45. The molecule has 2 N–H and O–H groups in total. The van der Waals surface area contributed by atoms with Gasteiger partial charge in [-0.2, -0.15) is 0 Å². The normalized spacial score (nSPS) is 16.6. The third-order valence-corrected chi connectivity index (χ3v) is 4.09. The van der Waals surface area contributed by atoms with Crippen LogP contribution in [0.1, 0.15) is 37.9 Å². The lowest BCUT2D eigenvalue weighted by atomic mass is 10.1. The van der Waals surface area contributed by atoms with E-state index in [2.05, 4.69) is 45.6 Å². The van der Waals surface area contributed by atoms with E-state index >= 15 is 0 Å². The van der Waals surface area contributed by atoms with Crippen LogP contribution >= 0.6 is 0 Å². The lowest BCUT2D eigenvalue weighted by Gasteiger charge is -2.18. The van der Waals surface area contributed by atoms with Crippen LogP contribution in [0.4, 0.5) is 5.69 Å². The fraction of sp³-hybridized carbons (Fsp3) is 0.438. The van der Waals surface area contributed by atoms with Crippen LogP contribution in [0.2, 0.25) is 0 Å². The van der Waals surface area contributed by atoms with E-state index in [1.165, 1.54) is 31.6 Å². The Labute approximate surface area is 120 Å². The van der Waals surface area contributed by atoms with Gasteiger partial charge in [-0.1, -0.05) is 6.92 Å². The Balaban J connectivity index is 1.86. The highest BCUT2D eigenvalue weighted by Crippen LogP contribution is 2.23. The zero-order chi connectivity index (χ0) is 13.9. The average Bonchev–Trinajstić information content (AvgIpc) is 3.17. The van der Waals surface area contributed by atoms with Gasteiger partial charge < -0.3 is 15.2 Å². The molecule has 1 fully saturated rings. The Kier molecular flexibility index (Phi) is 3.74. The number of hydrogen-bond donors (Lipinski definition) is 1. The van der Waals surface area contributed by atoms with E-state index in [9.17, 15) is 0 Å². The van der Waals surface area contributed by atoms with Gasteiger partial charge in [0.25, 0.3) is 0 Å². The third kappa shape index (κ3) is 2.43. The van der Waals surface area contributed by atoms with Crippen molar-refractivity contribution in [3.8, 4) is 5.69 Å². The van der Waals surface area contributed by atoms with Gasteiger partial charge in [-0.15, -0.1) is 0 Å². The fourth-order valence-corrected chi connectivity index (χ4v) is 2.80. The number of imidazole rings is 1. The van der Waals surface area contributed by atoms with Crippen LogP contribution < -0.4 is 10.6 Å². The van der Waals surface area contributed by atoms with E-state index in [4.69, 9.17) is 5.73 Å². The highest BCUT2D eigenvalue weighted by atomic mass is 15.1. The van der Waals surface area contributed by atoms with Crippen LogP contribution in [-0.2, 0) is 0 Å². The minimum absolute atomic E-state index is 0.0377. The van der Waals surface area contributed by atoms with Crippen molar-refractivity contribution in [1.82, 2.24) is 9.55 Å². The largest absolute Gasteiger partial charge is 0.372 e. The van der Waals surface area contributed by atoms with Crippen molar-refractivity contribution in [3.05, 3.63) is 42.5 Å². The van der Waals surface area contributed by atoms with Gasteiger partial charge in [0.1, 0.15) is 0 Å². The molecule has 0 spiro atoms. The Morgan fingerprint density at radius 2 is 1.80 bits per heavy atom. The molecule has 0 unspecified atom stereocenters. The lowest BCUT2D eigenvalue weighted by Crippen LogP contribution is -2.17. The molecule has 20 heavy (non-hydrogen) atoms. The van der Waals surface area contributed by atoms with E-state index in [1.807, 2.05) is 12.5 Å². The van der Waals surface area contributed by atoms with Crippen LogP contribution in [-0.4, -0.2) is 22.6 Å². The van der Waals surface area contributed by atoms with Crippen molar-refractivity contribution >= 4 is 5.69 Å². The number of anilines is 1. The molecule has 4 heteroatoms. The maximum atomic E-state index is 6.14. The summed E-state index contributed by atoms with van der Waals surface area (Å²) in [5.74, 6) is 0. The summed E-state index contributed by atoms with van der Waals surface area (Å²) < 4.78 is 2.09. The smallest absolute Gasteiger partial charge is 0.0994 e. The molecule has 2 aromatic rings. The summed E-state index contributed by atoms with van der Waals surface area (Å²) >= 11 is 0. The standard InChI is InChI=1S/C16H22N4/c1-2-15(17)16-11-18-12-20(16)14-7-5-13(6-8-14)19-9-3-4-10-19/h5-8,11-12,15H,2-4,9-10,17H2,1H3/t15-/m1/s1. The van der Waals surface area contributed by atoms with Crippen LogP contribution in [0.3, 0.4) is 0 Å². The van der Waals surface area contributed by atoms with Crippen molar-refractivity contribution in [2.45, 2.75) is 32.2 Å². The predicted octanol–water partition coefficient (Wildman–Crippen LogP) is 2.88. The molecule has 1 aliphatic rings. The van der Waals surface area contributed by atoms with Crippen molar-refractivity contribution in [3.63, 3.8) is 0 Å². The number of rotatable bonds is 4. The SMILES string of the molecule is CC[C@@H](N)c1cncn1-c1ccc(N2CCCC2)cc1. The van der Waals surface area contributed by atoms with E-state index in [0.29, 0.717) is 0 Å². The summed E-state index contributed by atoms with van der Waals surface area (Å²) in [6.07, 6.45) is 7.23. The second-order valence-electron chi connectivity index (χ2n) is 5.41. The second kappa shape index (κ2) is 5.67. The number of hydrogen-bond acceptors (Lipinski definition) is 3. The maximum absolute atomic E-state index is 6.14. The minimum atomic E-state index is 0.0377. The average molecular weight is 270 g/mol. The molecule has 2 heterocycles. The zero-order valence-electron chi connectivity index (χ0n) is 12.0. The molecular formula is C16H22N4. The predicted molar refractivity (Wildman–Crippen MR) is 82.2 cm³/mol. The minimum Gasteiger partial charge on any atom is -0.372 e. The van der Waals surface area contributed by atoms with E-state index < -0.39 is 0 Å². The lowest BCUT2D eigenvalue weighted by molar-refractivity contribution is 0.660. The Bertz CT molecular complexity index is 552. The number of nitrogens with two attached hydrogens (primary N) is 1. The first-order valence-corrected chi connectivity index (χ1v) is 7.43. The second-order valence-corrected chi connectivity index (χ2v) is 5.41. The van der Waals surface area contributed by atoms with E-state index in [0.717, 1.165) is 17.8 Å². The molecule has 1 saturated heterocycles. The number of aromatic nitrogens is 2. The molecule has 1 aliphatic heterocycles. The van der Waals surface area contributed by atoms with Gasteiger partial charge in [0.15, 0.2) is 0 Å². The van der Waals surface area contributed by atoms with Gasteiger partial charge in [0.2, 0.25) is 0 Å². The monoisotopic (exact) mass is 270 g/mol. The first-order valence-electron chi connectivity index (χ1n) is 7.43. The molecular weight excluding hydrogens is 248 g/mol. The van der Waals surface area contributed by atoms with Gasteiger partial charge in [0, 0.05) is 30.5 Å². The molecule has 3 rings (SSSR count). The molecule has 0 radical (unpaired) electrons. The van der Waals surface area contributed by atoms with Crippen molar-refractivity contribution < 1.29 is 0 Å². The molecule has 0 bridgehead atoms.